The quantitative estimate of drug-likeness (QED) is 0.785. The Hall–Kier alpha value is -2.38. The van der Waals surface area contributed by atoms with Gasteiger partial charge in [0.2, 0.25) is 0 Å². The van der Waals surface area contributed by atoms with E-state index in [1.807, 2.05) is 36.0 Å². The van der Waals surface area contributed by atoms with Crippen LogP contribution in [-0.4, -0.2) is 25.0 Å². The number of fused-ring (bicyclic) bond motifs is 1. The van der Waals surface area contributed by atoms with Gasteiger partial charge in [-0.2, -0.15) is 0 Å². The van der Waals surface area contributed by atoms with Crippen molar-refractivity contribution in [3.63, 3.8) is 0 Å². The van der Waals surface area contributed by atoms with Gasteiger partial charge in [-0.25, -0.2) is 4.98 Å². The van der Waals surface area contributed by atoms with E-state index in [1.54, 1.807) is 11.5 Å². The van der Waals surface area contributed by atoms with Crippen LogP contribution in [0.15, 0.2) is 28.5 Å². The Morgan fingerprint density at radius 2 is 2.26 bits per heavy atom. The second kappa shape index (κ2) is 6.02. The molecule has 3 aromatic heterocycles. The van der Waals surface area contributed by atoms with Gasteiger partial charge in [-0.05, 0) is 24.3 Å². The lowest BCUT2D eigenvalue weighted by atomic mass is 10.3. The monoisotopic (exact) mass is 349 g/mol. The first-order valence-electron chi connectivity index (χ1n) is 6.67. The molecule has 23 heavy (non-hydrogen) atoms. The summed E-state index contributed by atoms with van der Waals surface area (Å²) in [7, 11) is 1.91. The largest absolute Gasteiger partial charge is 0.481 e. The zero-order chi connectivity index (χ0) is 16.6. The fourth-order valence-electron chi connectivity index (χ4n) is 2.20. The van der Waals surface area contributed by atoms with Gasteiger partial charge in [0, 0.05) is 30.0 Å². The van der Waals surface area contributed by atoms with Gasteiger partial charge in [0.1, 0.15) is 5.02 Å². The lowest BCUT2D eigenvalue weighted by Crippen LogP contribution is -2.19. The van der Waals surface area contributed by atoms with E-state index in [-0.39, 0.29) is 11.4 Å². The third kappa shape index (κ3) is 2.93. The molecule has 0 aliphatic heterocycles. The first-order valence-corrected chi connectivity index (χ1v) is 7.93. The molecule has 6 nitrogen and oxygen atoms in total. The molecule has 0 bridgehead atoms. The molecule has 0 saturated heterocycles. The van der Waals surface area contributed by atoms with Crippen molar-refractivity contribution in [1.82, 2.24) is 14.0 Å². The molecule has 0 aliphatic rings. The number of aryl methyl sites for hydroxylation is 1. The highest BCUT2D eigenvalue weighted by Gasteiger charge is 2.15. The number of carbonyl (C=O) groups is 1. The van der Waals surface area contributed by atoms with Gasteiger partial charge in [-0.1, -0.05) is 11.6 Å². The van der Waals surface area contributed by atoms with Crippen molar-refractivity contribution in [2.24, 2.45) is 7.05 Å². The molecular formula is C15H12ClN3O3S. The van der Waals surface area contributed by atoms with Crippen molar-refractivity contribution in [1.29, 1.82) is 0 Å². The van der Waals surface area contributed by atoms with Crippen molar-refractivity contribution in [3.05, 3.63) is 56.2 Å². The molecule has 0 atom stereocenters. The summed E-state index contributed by atoms with van der Waals surface area (Å²) in [5.41, 5.74) is 1.22. The number of rotatable bonds is 4. The van der Waals surface area contributed by atoms with Crippen LogP contribution in [0.3, 0.4) is 0 Å². The topological polar surface area (TPSA) is 76.6 Å². The zero-order valence-corrected chi connectivity index (χ0v) is 13.6. The highest BCUT2D eigenvalue weighted by atomic mass is 35.5. The number of carboxylic acid groups (broad SMARTS) is 1. The second-order valence-electron chi connectivity index (χ2n) is 4.91. The van der Waals surface area contributed by atoms with Crippen molar-refractivity contribution >= 4 is 46.0 Å². The first-order chi connectivity index (χ1) is 11.0. The predicted molar refractivity (Wildman–Crippen MR) is 90.0 cm³/mol. The third-order valence-corrected chi connectivity index (χ3v) is 4.57. The summed E-state index contributed by atoms with van der Waals surface area (Å²) in [4.78, 5) is 28.0. The van der Waals surface area contributed by atoms with Crippen LogP contribution in [0, 0.1) is 0 Å². The molecule has 0 saturated carbocycles. The molecule has 0 unspecified atom stereocenters. The van der Waals surface area contributed by atoms with Gasteiger partial charge in [0.15, 0.2) is 4.96 Å². The minimum absolute atomic E-state index is 0.0296. The molecule has 0 spiro atoms. The lowest BCUT2D eigenvalue weighted by molar-refractivity contribution is -0.136. The van der Waals surface area contributed by atoms with Crippen LogP contribution in [0.5, 0.6) is 0 Å². The third-order valence-electron chi connectivity index (χ3n) is 3.34. The van der Waals surface area contributed by atoms with Crippen molar-refractivity contribution in [2.75, 3.05) is 0 Å². The molecule has 3 heterocycles. The Kier molecular flexibility index (Phi) is 4.06. The van der Waals surface area contributed by atoms with Gasteiger partial charge < -0.3 is 9.67 Å². The van der Waals surface area contributed by atoms with Crippen molar-refractivity contribution in [3.8, 4) is 0 Å². The highest BCUT2D eigenvalue weighted by molar-refractivity contribution is 7.15. The van der Waals surface area contributed by atoms with Crippen LogP contribution in [0.4, 0.5) is 0 Å². The summed E-state index contributed by atoms with van der Waals surface area (Å²) < 4.78 is 3.17. The molecule has 118 valence electrons. The van der Waals surface area contributed by atoms with Crippen LogP contribution < -0.4 is 5.56 Å². The average molecular weight is 350 g/mol. The number of halogens is 1. The van der Waals surface area contributed by atoms with E-state index < -0.39 is 11.5 Å². The first kappa shape index (κ1) is 15.5. The molecule has 0 aliphatic carbocycles. The number of aliphatic carboxylic acids is 1. The van der Waals surface area contributed by atoms with Crippen molar-refractivity contribution in [2.45, 2.75) is 6.42 Å². The average Bonchev–Trinajstić information content (AvgIpc) is 3.07. The number of thiazole rings is 1. The number of carboxylic acids is 1. The van der Waals surface area contributed by atoms with Gasteiger partial charge in [-0.15, -0.1) is 11.3 Å². The van der Waals surface area contributed by atoms with E-state index in [9.17, 15) is 9.59 Å². The summed E-state index contributed by atoms with van der Waals surface area (Å²) in [6.07, 6.45) is 5.15. The summed E-state index contributed by atoms with van der Waals surface area (Å²) in [5.74, 6) is -1.01. The van der Waals surface area contributed by atoms with E-state index in [0.717, 1.165) is 5.69 Å². The maximum absolute atomic E-state index is 12.4. The summed E-state index contributed by atoms with van der Waals surface area (Å²) in [5, 5.41) is 10.5. The fourth-order valence-corrected chi connectivity index (χ4v) is 3.28. The van der Waals surface area contributed by atoms with Crippen molar-refractivity contribution < 1.29 is 9.90 Å². The van der Waals surface area contributed by atoms with Crippen LogP contribution in [0.25, 0.3) is 17.1 Å². The Labute approximate surface area is 139 Å². The normalized spacial score (nSPS) is 11.6. The second-order valence-corrected chi connectivity index (χ2v) is 6.12. The molecule has 0 radical (unpaired) electrons. The molecule has 0 amide bonds. The SMILES string of the molecule is Cn1cccc1C=Cc1nc2scc(CC(=O)O)n2c(=O)c1Cl. The van der Waals surface area contributed by atoms with E-state index in [2.05, 4.69) is 4.98 Å². The molecule has 3 rings (SSSR count). The summed E-state index contributed by atoms with van der Waals surface area (Å²) in [6, 6.07) is 3.83. The van der Waals surface area contributed by atoms with Crippen LogP contribution in [-0.2, 0) is 18.3 Å². The molecule has 0 fully saturated rings. The Morgan fingerprint density at radius 1 is 1.48 bits per heavy atom. The fraction of sp³-hybridized carbons (Fsp3) is 0.133. The highest BCUT2D eigenvalue weighted by Crippen LogP contribution is 2.19. The minimum Gasteiger partial charge on any atom is -0.481 e. The Balaban J connectivity index is 2.08. The maximum Gasteiger partial charge on any atom is 0.309 e. The number of nitrogens with zero attached hydrogens (tertiary/aromatic N) is 3. The zero-order valence-electron chi connectivity index (χ0n) is 12.1. The number of hydrogen-bond donors (Lipinski definition) is 1. The Bertz CT molecular complexity index is 984. The van der Waals surface area contributed by atoms with Crippen LogP contribution in [0.2, 0.25) is 5.02 Å². The lowest BCUT2D eigenvalue weighted by Gasteiger charge is -2.02. The number of hydrogen-bond acceptors (Lipinski definition) is 4. The van der Waals surface area contributed by atoms with Gasteiger partial charge in [-0.3, -0.25) is 14.0 Å². The molecular weight excluding hydrogens is 338 g/mol. The van der Waals surface area contributed by atoms with E-state index in [1.165, 1.54) is 15.7 Å². The molecule has 1 N–H and O–H groups in total. The van der Waals surface area contributed by atoms with Gasteiger partial charge in [0.05, 0.1) is 12.1 Å². The predicted octanol–water partition coefficient (Wildman–Crippen LogP) is 2.55. The van der Waals surface area contributed by atoms with Crippen LogP contribution >= 0.6 is 22.9 Å². The van der Waals surface area contributed by atoms with E-state index in [4.69, 9.17) is 16.7 Å². The van der Waals surface area contributed by atoms with Crippen LogP contribution in [0.1, 0.15) is 17.1 Å². The molecule has 0 aromatic carbocycles. The van der Waals surface area contributed by atoms with Gasteiger partial charge in [0.25, 0.3) is 5.56 Å². The minimum atomic E-state index is -1.01. The smallest absolute Gasteiger partial charge is 0.309 e. The van der Waals surface area contributed by atoms with E-state index >= 15 is 0 Å². The summed E-state index contributed by atoms with van der Waals surface area (Å²) >= 11 is 7.33. The molecule has 8 heteroatoms. The standard InChI is InChI=1S/C15H12ClN3O3S/c1-18-6-2-3-9(18)4-5-11-13(16)14(22)19-10(7-12(20)21)8-23-15(19)17-11/h2-6,8H,7H2,1H3,(H,20,21). The van der Waals surface area contributed by atoms with Gasteiger partial charge >= 0.3 is 5.97 Å². The maximum atomic E-state index is 12.4. The summed E-state index contributed by atoms with van der Waals surface area (Å²) in [6.45, 7) is 0. The van der Waals surface area contributed by atoms with E-state index in [0.29, 0.717) is 16.3 Å². The molecule has 3 aromatic rings. The Morgan fingerprint density at radius 3 is 2.91 bits per heavy atom. The number of aromatic nitrogens is 3.